The van der Waals surface area contributed by atoms with Crippen molar-refractivity contribution in [2.75, 3.05) is 25.5 Å². The maximum atomic E-state index is 13.0. The molecule has 0 spiro atoms. The van der Waals surface area contributed by atoms with E-state index in [1.54, 1.807) is 10.7 Å². The number of hydrogen-bond donors (Lipinski definition) is 1. The van der Waals surface area contributed by atoms with Gasteiger partial charge in [0, 0.05) is 32.3 Å². The summed E-state index contributed by atoms with van der Waals surface area (Å²) < 4.78 is 34.6. The number of anilines is 1. The van der Waals surface area contributed by atoms with Crippen LogP contribution in [0.5, 0.6) is 5.75 Å². The lowest BCUT2D eigenvalue weighted by Gasteiger charge is -2.26. The van der Waals surface area contributed by atoms with Gasteiger partial charge in [0.1, 0.15) is 5.75 Å². The summed E-state index contributed by atoms with van der Waals surface area (Å²) in [7, 11) is -0.221. The van der Waals surface area contributed by atoms with E-state index < -0.39 is 10.0 Å². The van der Waals surface area contributed by atoms with E-state index in [0.717, 1.165) is 36.2 Å². The molecule has 1 aliphatic heterocycles. The highest BCUT2D eigenvalue weighted by atomic mass is 32.2. The Hall–Kier alpha value is -2.39. The van der Waals surface area contributed by atoms with Gasteiger partial charge >= 0.3 is 0 Å². The minimum atomic E-state index is -3.59. The Bertz CT molecular complexity index is 1020. The molecule has 0 aliphatic carbocycles. The van der Waals surface area contributed by atoms with Gasteiger partial charge in [0.05, 0.1) is 23.4 Å². The van der Waals surface area contributed by atoms with Gasteiger partial charge in [-0.2, -0.15) is 9.40 Å². The molecule has 0 radical (unpaired) electrons. The van der Waals surface area contributed by atoms with E-state index in [9.17, 15) is 13.2 Å². The largest absolute Gasteiger partial charge is 0.495 e. The zero-order valence-electron chi connectivity index (χ0n) is 18.1. The maximum absolute atomic E-state index is 13.0. The molecule has 0 bridgehead atoms. The molecule has 3 rings (SSSR count). The van der Waals surface area contributed by atoms with E-state index in [0.29, 0.717) is 30.9 Å². The number of carbonyl (C=O) groups is 1. The molecule has 0 atom stereocenters. The summed E-state index contributed by atoms with van der Waals surface area (Å²) in [6.07, 6.45) is 3.61. The van der Waals surface area contributed by atoms with E-state index in [1.807, 2.05) is 20.9 Å². The highest BCUT2D eigenvalue weighted by Gasteiger charge is 2.27. The zero-order valence-corrected chi connectivity index (χ0v) is 18.9. The van der Waals surface area contributed by atoms with Crippen LogP contribution in [-0.2, 0) is 28.3 Å². The summed E-state index contributed by atoms with van der Waals surface area (Å²) in [6, 6.07) is 4.60. The number of sulfonamides is 1. The van der Waals surface area contributed by atoms with Gasteiger partial charge in [-0.15, -0.1) is 0 Å². The van der Waals surface area contributed by atoms with Crippen molar-refractivity contribution in [3.05, 3.63) is 35.2 Å². The van der Waals surface area contributed by atoms with E-state index in [1.165, 1.54) is 23.5 Å². The summed E-state index contributed by atoms with van der Waals surface area (Å²) in [6.45, 7) is 4.96. The number of benzene rings is 1. The van der Waals surface area contributed by atoms with Crippen LogP contribution in [0.4, 0.5) is 5.69 Å². The van der Waals surface area contributed by atoms with Gasteiger partial charge in [-0.3, -0.25) is 9.48 Å². The molecule has 1 fully saturated rings. The number of rotatable bonds is 7. The first-order valence-electron chi connectivity index (χ1n) is 10.2. The molecule has 1 aliphatic rings. The molecule has 1 aromatic carbocycles. The molecule has 8 nitrogen and oxygen atoms in total. The Kier molecular flexibility index (Phi) is 6.82. The minimum absolute atomic E-state index is 0.166. The second-order valence-corrected chi connectivity index (χ2v) is 9.59. The predicted molar refractivity (Wildman–Crippen MR) is 115 cm³/mol. The number of piperidine rings is 1. The maximum Gasteiger partial charge on any atom is 0.243 e. The lowest BCUT2D eigenvalue weighted by molar-refractivity contribution is -0.116. The van der Waals surface area contributed by atoms with E-state index in [2.05, 4.69) is 10.4 Å². The van der Waals surface area contributed by atoms with Crippen molar-refractivity contribution in [3.63, 3.8) is 0 Å². The third kappa shape index (κ3) is 4.67. The fourth-order valence-electron chi connectivity index (χ4n) is 3.83. The number of ether oxygens (including phenoxy) is 1. The van der Waals surface area contributed by atoms with Crippen molar-refractivity contribution in [3.8, 4) is 5.75 Å². The number of hydrogen-bond acceptors (Lipinski definition) is 5. The van der Waals surface area contributed by atoms with Crippen LogP contribution in [0.15, 0.2) is 23.1 Å². The molecule has 1 amide bonds. The summed E-state index contributed by atoms with van der Waals surface area (Å²) in [5.41, 5.74) is 3.36. The van der Waals surface area contributed by atoms with Gasteiger partial charge in [-0.25, -0.2) is 8.42 Å². The Morgan fingerprint density at radius 2 is 1.90 bits per heavy atom. The molecule has 1 saturated heterocycles. The highest BCUT2D eigenvalue weighted by Crippen LogP contribution is 2.30. The highest BCUT2D eigenvalue weighted by molar-refractivity contribution is 7.89. The molecular formula is C21H30N4O4S. The first kappa shape index (κ1) is 22.3. The summed E-state index contributed by atoms with van der Waals surface area (Å²) in [4.78, 5) is 12.8. The molecule has 9 heteroatoms. The monoisotopic (exact) mass is 434 g/mol. The Labute approximate surface area is 178 Å². The van der Waals surface area contributed by atoms with Crippen LogP contribution < -0.4 is 10.1 Å². The molecule has 2 aromatic rings. The predicted octanol–water partition coefficient (Wildman–Crippen LogP) is 2.79. The minimum Gasteiger partial charge on any atom is -0.495 e. The number of methoxy groups -OCH3 is 1. The number of amides is 1. The Morgan fingerprint density at radius 3 is 2.50 bits per heavy atom. The van der Waals surface area contributed by atoms with Crippen molar-refractivity contribution >= 4 is 21.6 Å². The SMILES string of the molecule is COc1ccc(S(=O)(=O)N2CCCCC2)cc1NC(=O)CCc1c(C)nn(C)c1C. The van der Waals surface area contributed by atoms with Crippen LogP contribution in [0.3, 0.4) is 0 Å². The van der Waals surface area contributed by atoms with Crippen molar-refractivity contribution < 1.29 is 17.9 Å². The van der Waals surface area contributed by atoms with Gasteiger partial charge < -0.3 is 10.1 Å². The fourth-order valence-corrected chi connectivity index (χ4v) is 5.37. The van der Waals surface area contributed by atoms with Gasteiger partial charge in [0.25, 0.3) is 0 Å². The van der Waals surface area contributed by atoms with Gasteiger partial charge in [0.2, 0.25) is 15.9 Å². The second kappa shape index (κ2) is 9.18. The van der Waals surface area contributed by atoms with Gasteiger partial charge in [0.15, 0.2) is 0 Å². The Balaban J connectivity index is 1.76. The van der Waals surface area contributed by atoms with Crippen molar-refractivity contribution in [2.24, 2.45) is 7.05 Å². The average molecular weight is 435 g/mol. The van der Waals surface area contributed by atoms with E-state index in [-0.39, 0.29) is 17.2 Å². The standard InChI is InChI=1S/C21H30N4O4S/c1-15-18(16(2)24(3)23-15)9-11-21(26)22-19-14-17(8-10-20(19)29-4)30(27,28)25-12-6-5-7-13-25/h8,10,14H,5-7,9,11-13H2,1-4H3,(H,22,26). The molecule has 1 aromatic heterocycles. The van der Waals surface area contributed by atoms with Crippen LogP contribution in [-0.4, -0.2) is 48.6 Å². The summed E-state index contributed by atoms with van der Waals surface area (Å²) >= 11 is 0. The lowest BCUT2D eigenvalue weighted by Crippen LogP contribution is -2.35. The average Bonchev–Trinajstić information content (AvgIpc) is 2.98. The molecule has 1 N–H and O–H groups in total. The normalized spacial score (nSPS) is 15.2. The fraction of sp³-hybridized carbons (Fsp3) is 0.524. The summed E-state index contributed by atoms with van der Waals surface area (Å²) in [5, 5.41) is 7.20. The number of carbonyl (C=O) groups excluding carboxylic acids is 1. The van der Waals surface area contributed by atoms with Crippen molar-refractivity contribution in [2.45, 2.75) is 50.8 Å². The summed E-state index contributed by atoms with van der Waals surface area (Å²) in [5.74, 6) is 0.221. The van der Waals surface area contributed by atoms with Crippen molar-refractivity contribution in [1.29, 1.82) is 0 Å². The molecule has 164 valence electrons. The molecule has 30 heavy (non-hydrogen) atoms. The first-order valence-corrected chi connectivity index (χ1v) is 11.6. The second-order valence-electron chi connectivity index (χ2n) is 7.65. The number of nitrogens with one attached hydrogen (secondary N) is 1. The van der Waals surface area contributed by atoms with Crippen LogP contribution in [0.1, 0.15) is 42.6 Å². The van der Waals surface area contributed by atoms with Crippen LogP contribution in [0, 0.1) is 13.8 Å². The van der Waals surface area contributed by atoms with Gasteiger partial charge in [-0.05, 0) is 56.9 Å². The number of aromatic nitrogens is 2. The number of aryl methyl sites for hydroxylation is 2. The number of nitrogens with zero attached hydrogens (tertiary/aromatic N) is 3. The third-order valence-corrected chi connectivity index (χ3v) is 7.55. The molecule has 0 saturated carbocycles. The van der Waals surface area contributed by atoms with E-state index in [4.69, 9.17) is 4.74 Å². The zero-order chi connectivity index (χ0) is 21.9. The van der Waals surface area contributed by atoms with Crippen molar-refractivity contribution in [1.82, 2.24) is 14.1 Å². The van der Waals surface area contributed by atoms with Crippen LogP contribution in [0.2, 0.25) is 0 Å². The van der Waals surface area contributed by atoms with Crippen LogP contribution in [0.25, 0.3) is 0 Å². The molecule has 2 heterocycles. The van der Waals surface area contributed by atoms with Gasteiger partial charge in [-0.1, -0.05) is 6.42 Å². The third-order valence-electron chi connectivity index (χ3n) is 5.66. The molecule has 0 unspecified atom stereocenters. The lowest BCUT2D eigenvalue weighted by atomic mass is 10.1. The smallest absolute Gasteiger partial charge is 0.243 e. The van der Waals surface area contributed by atoms with E-state index >= 15 is 0 Å². The first-order chi connectivity index (χ1) is 14.2. The topological polar surface area (TPSA) is 93.5 Å². The molecular weight excluding hydrogens is 404 g/mol. The quantitative estimate of drug-likeness (QED) is 0.723. The van der Waals surface area contributed by atoms with Crippen LogP contribution >= 0.6 is 0 Å². The Morgan fingerprint density at radius 1 is 1.20 bits per heavy atom.